The predicted octanol–water partition coefficient (Wildman–Crippen LogP) is 6.47. The molecule has 0 saturated heterocycles. The van der Waals surface area contributed by atoms with Crippen LogP contribution in [0.3, 0.4) is 0 Å². The Hall–Kier alpha value is -4.23. The van der Waals surface area contributed by atoms with E-state index < -0.39 is 5.82 Å². The number of rotatable bonds is 9. The lowest BCUT2D eigenvalue weighted by molar-refractivity contribution is 0.276. The molecule has 0 aliphatic carbocycles. The molecule has 0 radical (unpaired) electrons. The van der Waals surface area contributed by atoms with Crippen molar-refractivity contribution in [3.63, 3.8) is 0 Å². The van der Waals surface area contributed by atoms with Crippen molar-refractivity contribution in [1.82, 2.24) is 20.0 Å². The van der Waals surface area contributed by atoms with Gasteiger partial charge in [-0.1, -0.05) is 58.7 Å². The Kier molecular flexibility index (Phi) is 7.89. The van der Waals surface area contributed by atoms with Gasteiger partial charge in [-0.25, -0.2) is 4.39 Å². The van der Waals surface area contributed by atoms with Crippen LogP contribution < -0.4 is 10.6 Å². The molecule has 2 heterocycles. The average Bonchev–Trinajstić information content (AvgIpc) is 3.42. The van der Waals surface area contributed by atoms with Gasteiger partial charge in [-0.15, -0.1) is 5.10 Å². The number of pyridine rings is 1. The van der Waals surface area contributed by atoms with E-state index in [0.29, 0.717) is 51.6 Å². The third-order valence-electron chi connectivity index (χ3n) is 6.08. The second-order valence-corrected chi connectivity index (χ2v) is 9.55. The maximum atomic E-state index is 13.7. The minimum Gasteiger partial charge on any atom is -0.396 e. The van der Waals surface area contributed by atoms with E-state index in [-0.39, 0.29) is 23.2 Å². The van der Waals surface area contributed by atoms with E-state index >= 15 is 0 Å². The van der Waals surface area contributed by atoms with Gasteiger partial charge in [-0.05, 0) is 42.3 Å². The molecular weight excluding hydrogens is 540 g/mol. The van der Waals surface area contributed by atoms with Gasteiger partial charge in [0, 0.05) is 36.1 Å². The number of benzene rings is 3. The molecule has 0 fully saturated rings. The van der Waals surface area contributed by atoms with Gasteiger partial charge in [-0.2, -0.15) is 5.26 Å². The average molecular weight is 562 g/mol. The number of nitrogens with one attached hydrogen (secondary N) is 2. The van der Waals surface area contributed by atoms with E-state index in [0.717, 1.165) is 5.56 Å². The molecule has 0 amide bonds. The van der Waals surface area contributed by atoms with Crippen LogP contribution in [0.15, 0.2) is 73.1 Å². The quantitative estimate of drug-likeness (QED) is 0.189. The smallest absolute Gasteiger partial charge is 0.141 e. The highest BCUT2D eigenvalue weighted by Crippen LogP contribution is 2.37. The van der Waals surface area contributed by atoms with E-state index in [9.17, 15) is 9.65 Å². The molecule has 0 aliphatic heterocycles. The van der Waals surface area contributed by atoms with Crippen molar-refractivity contribution in [3.05, 3.63) is 106 Å². The number of anilines is 3. The van der Waals surface area contributed by atoms with Crippen molar-refractivity contribution >= 4 is 51.2 Å². The number of hydrogen-bond acceptors (Lipinski definition) is 7. The highest BCUT2D eigenvalue weighted by atomic mass is 35.5. The number of fused-ring (bicyclic) bond motifs is 1. The van der Waals surface area contributed by atoms with Gasteiger partial charge in [0.25, 0.3) is 0 Å². The third kappa shape index (κ3) is 5.78. The van der Waals surface area contributed by atoms with Gasteiger partial charge in [0.15, 0.2) is 0 Å². The zero-order chi connectivity index (χ0) is 27.4. The summed E-state index contributed by atoms with van der Waals surface area (Å²) in [6.07, 6.45) is 3.84. The monoisotopic (exact) mass is 561 g/mol. The van der Waals surface area contributed by atoms with Crippen molar-refractivity contribution in [1.29, 1.82) is 5.26 Å². The van der Waals surface area contributed by atoms with Crippen molar-refractivity contribution in [2.45, 2.75) is 19.0 Å². The van der Waals surface area contributed by atoms with E-state index in [2.05, 4.69) is 32.0 Å². The van der Waals surface area contributed by atoms with Gasteiger partial charge in [0.2, 0.25) is 0 Å². The van der Waals surface area contributed by atoms with E-state index in [4.69, 9.17) is 28.3 Å². The van der Waals surface area contributed by atoms with Crippen LogP contribution in [0.25, 0.3) is 10.9 Å². The molecule has 0 unspecified atom stereocenters. The van der Waals surface area contributed by atoms with E-state index in [1.165, 1.54) is 24.4 Å². The Morgan fingerprint density at radius 1 is 1.05 bits per heavy atom. The standard InChI is InChI=1S/C28H22Cl2FN7O/c29-22-12-19(7-8-24(22)31)34-26-18(14-32)15-33-28-21(26)11-20(13-23(28)30)35-27(17-5-2-1-3-6-17)25-16-38(37-36-25)9-4-10-39/h1-3,5-8,11-13,15-16,27,35,39H,4,9-10H2,(H,33,34)/t27-/m0/s1. The number of aliphatic hydroxyl groups is 1. The summed E-state index contributed by atoms with van der Waals surface area (Å²) in [4.78, 5) is 4.40. The van der Waals surface area contributed by atoms with Crippen LogP contribution in [-0.2, 0) is 6.54 Å². The van der Waals surface area contributed by atoms with Crippen LogP contribution in [0.1, 0.15) is 29.3 Å². The van der Waals surface area contributed by atoms with Crippen LogP contribution >= 0.6 is 23.2 Å². The Morgan fingerprint density at radius 3 is 2.59 bits per heavy atom. The minimum absolute atomic E-state index is 0.0463. The number of aliphatic hydroxyl groups excluding tert-OH is 1. The SMILES string of the molecule is N#Cc1cnc2c(Cl)cc(N[C@@H](c3ccccc3)c3cn(CCCO)nn3)cc2c1Nc1ccc(F)c(Cl)c1. The molecule has 0 aliphatic rings. The van der Waals surface area contributed by atoms with Crippen molar-refractivity contribution < 1.29 is 9.50 Å². The fourth-order valence-corrected chi connectivity index (χ4v) is 4.66. The third-order valence-corrected chi connectivity index (χ3v) is 6.65. The molecule has 8 nitrogen and oxygen atoms in total. The molecule has 11 heteroatoms. The highest BCUT2D eigenvalue weighted by Gasteiger charge is 2.20. The maximum Gasteiger partial charge on any atom is 0.141 e. The maximum absolute atomic E-state index is 13.7. The number of halogens is 3. The summed E-state index contributed by atoms with van der Waals surface area (Å²) in [5.41, 5.74) is 4.02. The summed E-state index contributed by atoms with van der Waals surface area (Å²) in [6, 6.07) is 19.4. The molecule has 39 heavy (non-hydrogen) atoms. The topological polar surface area (TPSA) is 112 Å². The number of aryl methyl sites for hydroxylation is 1. The summed E-state index contributed by atoms with van der Waals surface area (Å²) < 4.78 is 15.4. The van der Waals surface area contributed by atoms with Crippen molar-refractivity contribution in [3.8, 4) is 6.07 Å². The summed E-state index contributed by atoms with van der Waals surface area (Å²) >= 11 is 12.7. The number of nitrogens with zero attached hydrogens (tertiary/aromatic N) is 5. The van der Waals surface area contributed by atoms with E-state index in [1.54, 1.807) is 10.7 Å². The molecule has 0 spiro atoms. The molecule has 3 N–H and O–H groups in total. The zero-order valence-electron chi connectivity index (χ0n) is 20.4. The van der Waals surface area contributed by atoms with Gasteiger partial charge < -0.3 is 15.7 Å². The lowest BCUT2D eigenvalue weighted by Crippen LogP contribution is -2.13. The van der Waals surface area contributed by atoms with Gasteiger partial charge in [0.1, 0.15) is 17.6 Å². The summed E-state index contributed by atoms with van der Waals surface area (Å²) in [5.74, 6) is -0.544. The lowest BCUT2D eigenvalue weighted by Gasteiger charge is -2.20. The molecule has 5 rings (SSSR count). The first-order chi connectivity index (χ1) is 19.0. The van der Waals surface area contributed by atoms with Crippen molar-refractivity contribution in [2.75, 3.05) is 17.2 Å². The second-order valence-electron chi connectivity index (χ2n) is 8.74. The molecular formula is C28H22Cl2FN7O. The zero-order valence-corrected chi connectivity index (χ0v) is 22.0. The largest absolute Gasteiger partial charge is 0.396 e. The van der Waals surface area contributed by atoms with Crippen molar-refractivity contribution in [2.24, 2.45) is 0 Å². The van der Waals surface area contributed by atoms with Gasteiger partial charge in [-0.3, -0.25) is 9.67 Å². The summed E-state index contributed by atoms with van der Waals surface area (Å²) in [6.45, 7) is 0.599. The Bertz CT molecular complexity index is 1670. The van der Waals surface area contributed by atoms with Crippen LogP contribution in [0.2, 0.25) is 10.0 Å². The number of nitriles is 1. The molecule has 1 atom stereocenters. The summed E-state index contributed by atoms with van der Waals surface area (Å²) in [5, 5.41) is 35.1. The molecule has 196 valence electrons. The van der Waals surface area contributed by atoms with Crippen LogP contribution in [-0.4, -0.2) is 31.7 Å². The normalized spacial score (nSPS) is 11.8. The highest BCUT2D eigenvalue weighted by molar-refractivity contribution is 6.36. The first-order valence-corrected chi connectivity index (χ1v) is 12.8. The predicted molar refractivity (Wildman–Crippen MR) is 150 cm³/mol. The molecule has 2 aromatic heterocycles. The van der Waals surface area contributed by atoms with Crippen LogP contribution in [0.4, 0.5) is 21.5 Å². The molecule has 0 bridgehead atoms. The Balaban J connectivity index is 1.58. The Morgan fingerprint density at radius 2 is 1.85 bits per heavy atom. The fourth-order valence-electron chi connectivity index (χ4n) is 4.21. The number of hydrogen-bond donors (Lipinski definition) is 3. The lowest BCUT2D eigenvalue weighted by atomic mass is 10.0. The fraction of sp³-hybridized carbons (Fsp3) is 0.143. The van der Waals surface area contributed by atoms with Gasteiger partial charge in [0.05, 0.1) is 39.1 Å². The van der Waals surface area contributed by atoms with E-state index in [1.807, 2.05) is 42.6 Å². The first kappa shape index (κ1) is 26.4. The number of aromatic nitrogens is 4. The molecule has 3 aromatic carbocycles. The van der Waals surface area contributed by atoms with Crippen LogP contribution in [0.5, 0.6) is 0 Å². The minimum atomic E-state index is -0.544. The Labute approximate surface area is 233 Å². The van der Waals surface area contributed by atoms with Gasteiger partial charge >= 0.3 is 0 Å². The molecule has 5 aromatic rings. The summed E-state index contributed by atoms with van der Waals surface area (Å²) in [7, 11) is 0. The second kappa shape index (κ2) is 11.7. The van der Waals surface area contributed by atoms with Crippen LogP contribution in [0, 0.1) is 17.1 Å². The first-order valence-electron chi connectivity index (χ1n) is 12.0. The molecule has 0 saturated carbocycles.